The number of amides is 5. The summed E-state index contributed by atoms with van der Waals surface area (Å²) in [7, 11) is 0. The molecule has 0 saturated carbocycles. The van der Waals surface area contributed by atoms with E-state index in [0.717, 1.165) is 27.6 Å². The average molecular weight is 962 g/mol. The maximum absolute atomic E-state index is 14.5. The van der Waals surface area contributed by atoms with Crippen LogP contribution in [0, 0.1) is 0 Å². The normalized spacial score (nSPS) is 19.1. The SMILES string of the molecule is NCCCC[C@@H]1NC(=O)[C@@H](Cc2c[nH]c3ccccc23)NC(=O)[C@H](c2ccccc2)NC(=O)[C@H](Cc2ccccc2)NC(=O)[C@H](Cc2ccc(OCc3ccccc3)cc2)NC1=O.O=C(O)C(F)(F)F. The second-order valence-electron chi connectivity index (χ2n) is 16.6. The number of aromatic amines is 1. The number of H-pyrrole nitrogens is 1. The number of hydrogen-bond donors (Lipinski definition) is 8. The molecule has 9 N–H and O–H groups in total. The number of carbonyl (C=O) groups is 6. The third-order valence-corrected chi connectivity index (χ3v) is 11.4. The van der Waals surface area contributed by atoms with Crippen molar-refractivity contribution in [3.05, 3.63) is 174 Å². The molecule has 5 aromatic carbocycles. The number of carbonyl (C=O) groups excluding carboxylic acids is 5. The van der Waals surface area contributed by atoms with E-state index in [1.807, 2.05) is 97.1 Å². The van der Waals surface area contributed by atoms with E-state index in [1.54, 1.807) is 48.7 Å². The third kappa shape index (κ3) is 15.0. The molecule has 5 amide bonds. The summed E-state index contributed by atoms with van der Waals surface area (Å²) in [6.07, 6.45) is -1.78. The second kappa shape index (κ2) is 24.9. The molecule has 0 bridgehead atoms. The number of rotatable bonds is 14. The molecule has 0 radical (unpaired) electrons. The van der Waals surface area contributed by atoms with Crippen molar-refractivity contribution >= 4 is 46.4 Å². The van der Waals surface area contributed by atoms with Gasteiger partial charge in [0.05, 0.1) is 0 Å². The van der Waals surface area contributed by atoms with E-state index in [2.05, 4.69) is 31.6 Å². The van der Waals surface area contributed by atoms with E-state index in [-0.39, 0.29) is 25.7 Å². The number of nitrogens with two attached hydrogens (primary N) is 1. The Balaban J connectivity index is 0.00000107. The Morgan fingerprint density at radius 2 is 1.03 bits per heavy atom. The van der Waals surface area contributed by atoms with Gasteiger partial charge in [-0.15, -0.1) is 0 Å². The average Bonchev–Trinajstić information content (AvgIpc) is 3.77. The second-order valence-corrected chi connectivity index (χ2v) is 16.6. The van der Waals surface area contributed by atoms with Crippen LogP contribution in [0.3, 0.4) is 0 Å². The largest absolute Gasteiger partial charge is 0.490 e. The topological polar surface area (TPSA) is 234 Å². The van der Waals surface area contributed by atoms with Crippen molar-refractivity contribution in [2.75, 3.05) is 6.54 Å². The van der Waals surface area contributed by atoms with Gasteiger partial charge in [-0.25, -0.2) is 4.79 Å². The molecule has 5 atom stereocenters. The number of carboxylic acids is 1. The first-order chi connectivity index (χ1) is 33.7. The van der Waals surface area contributed by atoms with Crippen molar-refractivity contribution in [3.63, 3.8) is 0 Å². The predicted molar refractivity (Wildman–Crippen MR) is 255 cm³/mol. The zero-order chi connectivity index (χ0) is 50.0. The Hall–Kier alpha value is -7.99. The van der Waals surface area contributed by atoms with Gasteiger partial charge in [-0.2, -0.15) is 13.2 Å². The van der Waals surface area contributed by atoms with Crippen LogP contribution in [0.1, 0.15) is 53.1 Å². The number of halogens is 3. The van der Waals surface area contributed by atoms with Gasteiger partial charge in [0, 0.05) is 36.4 Å². The van der Waals surface area contributed by atoms with Crippen LogP contribution in [0.15, 0.2) is 146 Å². The van der Waals surface area contributed by atoms with Gasteiger partial charge in [-0.3, -0.25) is 24.0 Å². The maximum atomic E-state index is 14.5. The van der Waals surface area contributed by atoms with Gasteiger partial charge in [0.15, 0.2) is 0 Å². The van der Waals surface area contributed by atoms with Crippen LogP contribution in [0.2, 0.25) is 0 Å². The Kier molecular flexibility index (Phi) is 18.3. The summed E-state index contributed by atoms with van der Waals surface area (Å²) in [5, 5.41) is 22.6. The lowest BCUT2D eigenvalue weighted by atomic mass is 10.0. The first-order valence-corrected chi connectivity index (χ1v) is 22.6. The molecule has 1 aliphatic rings. The number of para-hydroxylation sites is 1. The van der Waals surface area contributed by atoms with E-state index in [0.29, 0.717) is 42.9 Å². The van der Waals surface area contributed by atoms with E-state index in [4.69, 9.17) is 20.4 Å². The monoisotopic (exact) mass is 961 g/mol. The fourth-order valence-corrected chi connectivity index (χ4v) is 7.72. The summed E-state index contributed by atoms with van der Waals surface area (Å²) in [5.41, 5.74) is 10.4. The van der Waals surface area contributed by atoms with Crippen LogP contribution in [-0.4, -0.2) is 82.5 Å². The molecule has 1 aromatic heterocycles. The van der Waals surface area contributed by atoms with E-state index >= 15 is 0 Å². The number of nitrogens with one attached hydrogen (secondary N) is 6. The molecule has 1 saturated heterocycles. The number of benzene rings is 5. The highest BCUT2D eigenvalue weighted by molar-refractivity contribution is 5.98. The quantitative estimate of drug-likeness (QED) is 0.0657. The van der Waals surface area contributed by atoms with E-state index < -0.39 is 71.9 Å². The summed E-state index contributed by atoms with van der Waals surface area (Å²) < 4.78 is 37.7. The van der Waals surface area contributed by atoms with Crippen molar-refractivity contribution in [1.29, 1.82) is 0 Å². The molecule has 1 aliphatic heterocycles. The molecule has 2 heterocycles. The van der Waals surface area contributed by atoms with Gasteiger partial charge in [-0.05, 0) is 71.8 Å². The summed E-state index contributed by atoms with van der Waals surface area (Å²) >= 11 is 0. The minimum Gasteiger partial charge on any atom is -0.489 e. The number of hydrogen-bond acceptors (Lipinski definition) is 8. The van der Waals surface area contributed by atoms with Crippen LogP contribution in [-0.2, 0) is 54.6 Å². The van der Waals surface area contributed by atoms with Crippen LogP contribution < -0.4 is 37.1 Å². The molecule has 0 aliphatic carbocycles. The van der Waals surface area contributed by atoms with Crippen molar-refractivity contribution in [3.8, 4) is 5.75 Å². The lowest BCUT2D eigenvalue weighted by Gasteiger charge is -2.26. The number of unbranched alkanes of at least 4 members (excludes halogenated alkanes) is 1. The van der Waals surface area contributed by atoms with Gasteiger partial charge in [0.1, 0.15) is 42.6 Å². The molecular formula is C52H54F3N7O8. The van der Waals surface area contributed by atoms with E-state index in [9.17, 15) is 37.1 Å². The maximum Gasteiger partial charge on any atom is 0.490 e. The van der Waals surface area contributed by atoms with Gasteiger partial charge < -0.3 is 47.1 Å². The first-order valence-electron chi connectivity index (χ1n) is 22.6. The zero-order valence-corrected chi connectivity index (χ0v) is 37.9. The third-order valence-electron chi connectivity index (χ3n) is 11.4. The Labute approximate surface area is 401 Å². The fourth-order valence-electron chi connectivity index (χ4n) is 7.72. The number of alkyl halides is 3. The Morgan fingerprint density at radius 1 is 0.557 bits per heavy atom. The molecule has 0 unspecified atom stereocenters. The van der Waals surface area contributed by atoms with Crippen molar-refractivity contribution in [2.24, 2.45) is 5.73 Å². The van der Waals surface area contributed by atoms with Crippen molar-refractivity contribution in [1.82, 2.24) is 31.6 Å². The molecule has 6 aromatic rings. The Morgan fingerprint density at radius 3 is 1.61 bits per heavy atom. The molecule has 0 spiro atoms. The van der Waals surface area contributed by atoms with Crippen LogP contribution >= 0.6 is 0 Å². The molecule has 366 valence electrons. The van der Waals surface area contributed by atoms with Crippen molar-refractivity contribution in [2.45, 2.75) is 81.5 Å². The summed E-state index contributed by atoms with van der Waals surface area (Å²) in [5.74, 6) is -5.24. The zero-order valence-electron chi connectivity index (χ0n) is 37.9. The molecule has 1 fully saturated rings. The Bertz CT molecular complexity index is 2690. The highest BCUT2D eigenvalue weighted by atomic mass is 19.4. The van der Waals surface area contributed by atoms with Gasteiger partial charge in [-0.1, -0.05) is 121 Å². The molecular weight excluding hydrogens is 908 g/mol. The standard InChI is InChI=1S/C50H53N7O6.C2HF3O2/c51-27-13-12-22-41-46(58)54-42(29-34-23-25-38(26-24-34)63-32-35-16-6-2-7-17-35)47(59)55-43(28-33-14-4-1-5-15-33)49(61)57-45(36-18-8-3-9-19-36)50(62)56-44(48(60)53-41)30-37-31-52-40-21-11-10-20-39(37)40;3-2(4,5)1(6)7/h1-11,14-21,23-26,31,41-45,52H,12-13,22,27-30,32,51H2,(H,53,60)(H,54,58)(H,55,59)(H,56,62)(H,57,61);(H,6,7)/t41-,42-,43-,44+,45-;/m0./s1. The lowest BCUT2D eigenvalue weighted by molar-refractivity contribution is -0.192. The van der Waals surface area contributed by atoms with Crippen LogP contribution in [0.25, 0.3) is 10.9 Å². The number of fused-ring (bicyclic) bond motifs is 1. The highest BCUT2D eigenvalue weighted by Gasteiger charge is 2.38. The summed E-state index contributed by atoms with van der Waals surface area (Å²) in [4.78, 5) is 84.6. The smallest absolute Gasteiger partial charge is 0.489 e. The summed E-state index contributed by atoms with van der Waals surface area (Å²) in [6.45, 7) is 0.751. The molecule has 70 heavy (non-hydrogen) atoms. The number of aliphatic carboxylic acids is 1. The summed E-state index contributed by atoms with van der Waals surface area (Å²) in [6, 6.07) is 36.7. The minimum atomic E-state index is -5.08. The fraction of sp³-hybridized carbons (Fsp3) is 0.269. The lowest BCUT2D eigenvalue weighted by Crippen LogP contribution is -2.58. The number of carboxylic acid groups (broad SMARTS) is 1. The van der Waals surface area contributed by atoms with Crippen LogP contribution in [0.4, 0.5) is 13.2 Å². The van der Waals surface area contributed by atoms with Crippen LogP contribution in [0.5, 0.6) is 5.75 Å². The van der Waals surface area contributed by atoms with E-state index in [1.165, 1.54) is 0 Å². The predicted octanol–water partition coefficient (Wildman–Crippen LogP) is 5.35. The van der Waals surface area contributed by atoms with Gasteiger partial charge >= 0.3 is 12.1 Å². The van der Waals surface area contributed by atoms with Crippen molar-refractivity contribution < 1.29 is 51.8 Å². The van der Waals surface area contributed by atoms with Gasteiger partial charge in [0.25, 0.3) is 0 Å². The van der Waals surface area contributed by atoms with Gasteiger partial charge in [0.2, 0.25) is 29.5 Å². The first kappa shape index (κ1) is 51.4. The number of ether oxygens (including phenoxy) is 1. The minimum absolute atomic E-state index is 0.0511. The molecule has 18 heteroatoms. The number of aromatic nitrogens is 1. The molecule has 15 nitrogen and oxygen atoms in total. The highest BCUT2D eigenvalue weighted by Crippen LogP contribution is 2.22. The molecule has 7 rings (SSSR count).